The largest absolute Gasteiger partial charge is 0.300 e. The molecule has 1 nitrogen and oxygen atoms in total. The van der Waals surface area contributed by atoms with Gasteiger partial charge in [-0.05, 0) is 24.7 Å². The number of rotatable bonds is 2. The van der Waals surface area contributed by atoms with E-state index in [2.05, 4.69) is 20.8 Å². The Kier molecular flexibility index (Phi) is 1.61. The highest BCUT2D eigenvalue weighted by Gasteiger charge is 2.54. The first-order valence-corrected chi connectivity index (χ1v) is 3.99. The van der Waals surface area contributed by atoms with Gasteiger partial charge in [-0.15, -0.1) is 0 Å². The van der Waals surface area contributed by atoms with E-state index in [9.17, 15) is 4.79 Å². The highest BCUT2D eigenvalue weighted by molar-refractivity contribution is 5.82. The van der Waals surface area contributed by atoms with E-state index in [4.69, 9.17) is 0 Å². The highest BCUT2D eigenvalue weighted by Crippen LogP contribution is 2.57. The van der Waals surface area contributed by atoms with E-state index in [1.165, 1.54) is 0 Å². The number of Topliss-reactive ketones (excluding diaryl/α,β-unsaturated/α-hetero) is 1. The van der Waals surface area contributed by atoms with Crippen LogP contribution in [-0.4, -0.2) is 5.78 Å². The van der Waals surface area contributed by atoms with Gasteiger partial charge in [0, 0.05) is 5.92 Å². The maximum absolute atomic E-state index is 10.9. The average molecular weight is 140 g/mol. The number of carbonyl (C=O) groups excluding carboxylic acids is 1. The molecule has 0 aromatic carbocycles. The van der Waals surface area contributed by atoms with Gasteiger partial charge in [0.05, 0.1) is 0 Å². The lowest BCUT2D eigenvalue weighted by Gasteiger charge is -2.13. The molecule has 1 heteroatoms. The van der Waals surface area contributed by atoms with Crippen molar-refractivity contribution in [2.24, 2.45) is 17.3 Å². The molecule has 58 valence electrons. The Morgan fingerprint density at radius 3 is 2.20 bits per heavy atom. The summed E-state index contributed by atoms with van der Waals surface area (Å²) in [5.74, 6) is 1.39. The molecule has 1 saturated carbocycles. The number of ketones is 1. The zero-order chi connectivity index (χ0) is 7.94. The van der Waals surface area contributed by atoms with Gasteiger partial charge in [0.1, 0.15) is 5.78 Å². The van der Waals surface area contributed by atoms with E-state index in [0.717, 1.165) is 6.42 Å². The van der Waals surface area contributed by atoms with Crippen molar-refractivity contribution < 1.29 is 4.79 Å². The summed E-state index contributed by atoms with van der Waals surface area (Å²) in [4.78, 5) is 10.9. The van der Waals surface area contributed by atoms with Crippen LogP contribution < -0.4 is 0 Å². The lowest BCUT2D eigenvalue weighted by Crippen LogP contribution is -2.11. The van der Waals surface area contributed by atoms with Crippen LogP contribution in [0.3, 0.4) is 0 Å². The van der Waals surface area contributed by atoms with Crippen LogP contribution >= 0.6 is 0 Å². The first-order chi connectivity index (χ1) is 4.48. The van der Waals surface area contributed by atoms with Crippen molar-refractivity contribution in [3.05, 3.63) is 0 Å². The summed E-state index contributed by atoms with van der Waals surface area (Å²) in [6.45, 7) is 8.31. The minimum atomic E-state index is 0.339. The fourth-order valence-electron chi connectivity index (χ4n) is 1.63. The minimum absolute atomic E-state index is 0.339. The Morgan fingerprint density at radius 1 is 1.60 bits per heavy atom. The number of hydrogen-bond donors (Lipinski definition) is 0. The topological polar surface area (TPSA) is 17.1 Å². The second kappa shape index (κ2) is 2.08. The van der Waals surface area contributed by atoms with Gasteiger partial charge >= 0.3 is 0 Å². The fraction of sp³-hybridized carbons (Fsp3) is 0.889. The van der Waals surface area contributed by atoms with Gasteiger partial charge in [-0.25, -0.2) is 0 Å². The third-order valence-electron chi connectivity index (χ3n) is 3.09. The van der Waals surface area contributed by atoms with Crippen LogP contribution in [0.2, 0.25) is 0 Å². The van der Waals surface area contributed by atoms with E-state index in [1.54, 1.807) is 6.92 Å². The lowest BCUT2D eigenvalue weighted by molar-refractivity contribution is -0.119. The van der Waals surface area contributed by atoms with Crippen molar-refractivity contribution in [2.45, 2.75) is 34.1 Å². The molecule has 1 fully saturated rings. The summed E-state index contributed by atoms with van der Waals surface area (Å²) in [5.41, 5.74) is 0.339. The summed E-state index contributed by atoms with van der Waals surface area (Å²) in [6, 6.07) is 0. The summed E-state index contributed by atoms with van der Waals surface area (Å²) >= 11 is 0. The maximum atomic E-state index is 10.9. The standard InChI is InChI=1S/C9H16O/c1-6(2)9(4)5-8(9)7(3)10/h6,8H,5H2,1-4H3. The van der Waals surface area contributed by atoms with Crippen molar-refractivity contribution in [3.8, 4) is 0 Å². The van der Waals surface area contributed by atoms with Crippen molar-refractivity contribution >= 4 is 5.78 Å². The van der Waals surface area contributed by atoms with Crippen molar-refractivity contribution in [3.63, 3.8) is 0 Å². The molecule has 0 N–H and O–H groups in total. The second-order valence-electron chi connectivity index (χ2n) is 4.03. The van der Waals surface area contributed by atoms with Gasteiger partial charge in [0.2, 0.25) is 0 Å². The summed E-state index contributed by atoms with van der Waals surface area (Å²) in [6.07, 6.45) is 1.11. The molecule has 0 radical (unpaired) electrons. The smallest absolute Gasteiger partial charge is 0.133 e. The molecule has 1 rings (SSSR count). The van der Waals surface area contributed by atoms with Gasteiger partial charge in [0.15, 0.2) is 0 Å². The molecule has 0 saturated heterocycles. The molecule has 0 aromatic rings. The maximum Gasteiger partial charge on any atom is 0.133 e. The van der Waals surface area contributed by atoms with Crippen LogP contribution in [0.25, 0.3) is 0 Å². The number of hydrogen-bond acceptors (Lipinski definition) is 1. The first-order valence-electron chi connectivity index (χ1n) is 3.99. The third-order valence-corrected chi connectivity index (χ3v) is 3.09. The SMILES string of the molecule is CC(=O)C1CC1(C)C(C)C. The van der Waals surface area contributed by atoms with Crippen molar-refractivity contribution in [1.82, 2.24) is 0 Å². The predicted octanol–water partition coefficient (Wildman–Crippen LogP) is 2.26. The quantitative estimate of drug-likeness (QED) is 0.575. The fourth-order valence-corrected chi connectivity index (χ4v) is 1.63. The summed E-state index contributed by atoms with van der Waals surface area (Å²) < 4.78 is 0. The van der Waals surface area contributed by atoms with E-state index < -0.39 is 0 Å². The van der Waals surface area contributed by atoms with E-state index in [1.807, 2.05) is 0 Å². The van der Waals surface area contributed by atoms with Gasteiger partial charge in [-0.2, -0.15) is 0 Å². The molecule has 2 atom stereocenters. The molecule has 10 heavy (non-hydrogen) atoms. The summed E-state index contributed by atoms with van der Waals surface area (Å²) in [7, 11) is 0. The zero-order valence-corrected chi connectivity index (χ0v) is 7.27. The summed E-state index contributed by atoms with van der Waals surface area (Å²) in [5, 5.41) is 0. The molecular formula is C9H16O. The van der Waals surface area contributed by atoms with Crippen LogP contribution in [0.15, 0.2) is 0 Å². The van der Waals surface area contributed by atoms with Crippen LogP contribution in [0.1, 0.15) is 34.1 Å². The van der Waals surface area contributed by atoms with Crippen molar-refractivity contribution in [1.29, 1.82) is 0 Å². The van der Waals surface area contributed by atoms with E-state index in [-0.39, 0.29) is 0 Å². The molecule has 0 spiro atoms. The Morgan fingerprint density at radius 2 is 2.10 bits per heavy atom. The molecule has 0 aromatic heterocycles. The van der Waals surface area contributed by atoms with Crippen LogP contribution in [0.4, 0.5) is 0 Å². The zero-order valence-electron chi connectivity index (χ0n) is 7.27. The Bertz CT molecular complexity index is 160. The Labute approximate surface area is 62.8 Å². The second-order valence-corrected chi connectivity index (χ2v) is 4.03. The minimum Gasteiger partial charge on any atom is -0.300 e. The van der Waals surface area contributed by atoms with Gasteiger partial charge < -0.3 is 0 Å². The van der Waals surface area contributed by atoms with Gasteiger partial charge in [-0.1, -0.05) is 20.8 Å². The molecular weight excluding hydrogens is 124 g/mol. The molecule has 0 heterocycles. The average Bonchev–Trinajstić information content (AvgIpc) is 2.43. The van der Waals surface area contributed by atoms with Gasteiger partial charge in [-0.3, -0.25) is 4.79 Å². The Balaban J connectivity index is 2.56. The molecule has 1 aliphatic carbocycles. The molecule has 0 aliphatic heterocycles. The Hall–Kier alpha value is -0.330. The predicted molar refractivity (Wildman–Crippen MR) is 41.7 cm³/mol. The van der Waals surface area contributed by atoms with Gasteiger partial charge in [0.25, 0.3) is 0 Å². The van der Waals surface area contributed by atoms with E-state index in [0.29, 0.717) is 23.0 Å². The first kappa shape index (κ1) is 7.77. The number of carbonyl (C=O) groups is 1. The highest BCUT2D eigenvalue weighted by atomic mass is 16.1. The van der Waals surface area contributed by atoms with Crippen LogP contribution in [0, 0.1) is 17.3 Å². The molecule has 0 amide bonds. The van der Waals surface area contributed by atoms with Crippen molar-refractivity contribution in [2.75, 3.05) is 0 Å². The lowest BCUT2D eigenvalue weighted by atomic mass is 9.91. The molecule has 1 aliphatic rings. The van der Waals surface area contributed by atoms with Crippen LogP contribution in [-0.2, 0) is 4.79 Å². The van der Waals surface area contributed by atoms with E-state index >= 15 is 0 Å². The third kappa shape index (κ3) is 0.979. The van der Waals surface area contributed by atoms with Crippen LogP contribution in [0.5, 0.6) is 0 Å². The molecule has 0 bridgehead atoms. The molecule has 2 unspecified atom stereocenters. The monoisotopic (exact) mass is 140 g/mol. The normalized spacial score (nSPS) is 38.3.